The van der Waals surface area contributed by atoms with E-state index in [0.29, 0.717) is 11.3 Å². The van der Waals surface area contributed by atoms with Crippen LogP contribution in [0, 0.1) is 0 Å². The molecule has 2 aromatic heterocycles. The zero-order chi connectivity index (χ0) is 28.5. The van der Waals surface area contributed by atoms with Gasteiger partial charge in [-0.1, -0.05) is 18.2 Å². The molecule has 39 heavy (non-hydrogen) atoms. The number of para-hydroxylation sites is 1. The Morgan fingerprint density at radius 2 is 1.56 bits per heavy atom. The Morgan fingerprint density at radius 3 is 2.18 bits per heavy atom. The van der Waals surface area contributed by atoms with Gasteiger partial charge in [-0.15, -0.1) is 0 Å². The van der Waals surface area contributed by atoms with E-state index in [9.17, 15) is 29.1 Å². The van der Waals surface area contributed by atoms with Crippen LogP contribution >= 0.6 is 12.6 Å². The van der Waals surface area contributed by atoms with Gasteiger partial charge in [0.05, 0.1) is 18.8 Å². The molecular formula is C24H29N7O7S. The number of fused-ring (bicyclic) bond motifs is 1. The third kappa shape index (κ3) is 8.05. The molecule has 0 fully saturated rings. The molecule has 3 rings (SSSR count). The second kappa shape index (κ2) is 13.4. The molecule has 15 heteroatoms. The summed E-state index contributed by atoms with van der Waals surface area (Å²) < 4.78 is 0. The van der Waals surface area contributed by atoms with Gasteiger partial charge >= 0.3 is 11.9 Å². The van der Waals surface area contributed by atoms with E-state index in [1.807, 2.05) is 24.3 Å². The number of amides is 3. The lowest BCUT2D eigenvalue weighted by Gasteiger charge is -2.24. The van der Waals surface area contributed by atoms with Crippen molar-refractivity contribution in [3.63, 3.8) is 0 Å². The van der Waals surface area contributed by atoms with Gasteiger partial charge in [-0.05, 0) is 11.6 Å². The monoisotopic (exact) mass is 559 g/mol. The van der Waals surface area contributed by atoms with Crippen LogP contribution in [0.3, 0.4) is 0 Å². The molecule has 0 radical (unpaired) electrons. The Balaban J connectivity index is 1.86. The third-order valence-corrected chi connectivity index (χ3v) is 6.24. The number of carboxylic acids is 2. The first-order valence-electron chi connectivity index (χ1n) is 11.8. The molecule has 3 amide bonds. The van der Waals surface area contributed by atoms with Crippen LogP contribution in [0.2, 0.25) is 0 Å². The highest BCUT2D eigenvalue weighted by Crippen LogP contribution is 2.19. The van der Waals surface area contributed by atoms with Crippen LogP contribution in [0.5, 0.6) is 0 Å². The van der Waals surface area contributed by atoms with Crippen LogP contribution in [-0.4, -0.2) is 84.7 Å². The molecule has 0 bridgehead atoms. The number of aliphatic carboxylic acids is 2. The van der Waals surface area contributed by atoms with E-state index < -0.39 is 60.2 Å². The summed E-state index contributed by atoms with van der Waals surface area (Å²) in [5, 5.41) is 26.5. The van der Waals surface area contributed by atoms with E-state index in [0.717, 1.165) is 10.9 Å². The molecule has 3 aromatic rings. The van der Waals surface area contributed by atoms with Crippen molar-refractivity contribution in [1.29, 1.82) is 0 Å². The maximum absolute atomic E-state index is 13.4. The molecule has 14 nitrogen and oxygen atoms in total. The van der Waals surface area contributed by atoms with Crippen molar-refractivity contribution in [3.05, 3.63) is 54.2 Å². The van der Waals surface area contributed by atoms with Gasteiger partial charge in [-0.2, -0.15) is 12.6 Å². The summed E-state index contributed by atoms with van der Waals surface area (Å²) >= 11 is 3.97. The highest BCUT2D eigenvalue weighted by atomic mass is 32.1. The lowest BCUT2D eigenvalue weighted by atomic mass is 10.0. The van der Waals surface area contributed by atoms with Crippen molar-refractivity contribution in [2.45, 2.75) is 43.4 Å². The first-order chi connectivity index (χ1) is 18.6. The minimum atomic E-state index is -1.42. The standard InChI is InChI=1S/C24H29N7O7S/c25-15(7-20(32)33)21(34)29-18(6-13-9-26-11-28-13)23(36)30-17(22(35)31-19(10-39)24(37)38)5-12-8-27-16-4-2-1-3-14(12)16/h1-4,8-9,11,15,17-19,27,39H,5-7,10,25H2,(H,26,28)(H,29,34)(H,30,36)(H,31,35)(H,32,33)(H,37,38)/t15-,17-,18-,19-/m0/s1. The summed E-state index contributed by atoms with van der Waals surface area (Å²) in [7, 11) is 0. The van der Waals surface area contributed by atoms with E-state index in [1.54, 1.807) is 6.20 Å². The van der Waals surface area contributed by atoms with Crippen LogP contribution in [0.15, 0.2) is 43.0 Å². The van der Waals surface area contributed by atoms with Gasteiger partial charge < -0.3 is 41.9 Å². The Kier molecular flexibility index (Phi) is 10.1. The smallest absolute Gasteiger partial charge is 0.327 e. The number of nitrogens with one attached hydrogen (secondary N) is 5. The Bertz CT molecular complexity index is 1330. The molecule has 4 atom stereocenters. The summed E-state index contributed by atoms with van der Waals surface area (Å²) in [6.07, 6.45) is 3.75. The summed E-state index contributed by atoms with van der Waals surface area (Å²) in [5.41, 5.74) is 7.61. The summed E-state index contributed by atoms with van der Waals surface area (Å²) in [5.74, 6) is -5.21. The number of carboxylic acid groups (broad SMARTS) is 2. The van der Waals surface area contributed by atoms with Crippen molar-refractivity contribution in [3.8, 4) is 0 Å². The molecule has 1 aromatic carbocycles. The number of nitrogens with two attached hydrogens (primary N) is 1. The van der Waals surface area contributed by atoms with Crippen LogP contribution in [0.25, 0.3) is 10.9 Å². The number of aromatic nitrogens is 3. The quantitative estimate of drug-likeness (QED) is 0.109. The molecule has 0 aliphatic rings. The fourth-order valence-corrected chi connectivity index (χ4v) is 4.09. The highest BCUT2D eigenvalue weighted by molar-refractivity contribution is 7.80. The van der Waals surface area contributed by atoms with Crippen molar-refractivity contribution < 1.29 is 34.2 Å². The summed E-state index contributed by atoms with van der Waals surface area (Å²) in [6, 6.07) is 2.07. The number of hydrogen-bond acceptors (Lipinski definition) is 8. The molecule has 9 N–H and O–H groups in total. The van der Waals surface area contributed by atoms with E-state index in [2.05, 4.69) is 43.5 Å². The zero-order valence-electron chi connectivity index (χ0n) is 20.6. The van der Waals surface area contributed by atoms with Gasteiger partial charge in [0.15, 0.2) is 0 Å². The number of carbonyl (C=O) groups is 5. The SMILES string of the molecule is N[C@@H](CC(=O)O)C(=O)N[C@@H](Cc1cnc[nH]1)C(=O)N[C@@H](Cc1c[nH]c2ccccc12)C(=O)N[C@@H](CS)C(=O)O. The lowest BCUT2D eigenvalue weighted by molar-refractivity contribution is -0.141. The minimum absolute atomic E-state index is 0.0102. The number of hydrogen-bond donors (Lipinski definition) is 9. The van der Waals surface area contributed by atoms with Gasteiger partial charge in [0.2, 0.25) is 17.7 Å². The molecule has 0 spiro atoms. The van der Waals surface area contributed by atoms with Crippen molar-refractivity contribution in [1.82, 2.24) is 30.9 Å². The minimum Gasteiger partial charge on any atom is -0.481 e. The number of rotatable bonds is 14. The first-order valence-corrected chi connectivity index (χ1v) is 12.5. The van der Waals surface area contributed by atoms with Crippen LogP contribution in [-0.2, 0) is 36.8 Å². The van der Waals surface area contributed by atoms with Crippen LogP contribution in [0.4, 0.5) is 0 Å². The Labute approximate surface area is 227 Å². The maximum atomic E-state index is 13.4. The van der Waals surface area contributed by atoms with E-state index >= 15 is 0 Å². The predicted molar refractivity (Wildman–Crippen MR) is 142 cm³/mol. The highest BCUT2D eigenvalue weighted by Gasteiger charge is 2.31. The lowest BCUT2D eigenvalue weighted by Crippen LogP contribution is -2.58. The molecule has 0 unspecified atom stereocenters. The number of aromatic amines is 2. The Morgan fingerprint density at radius 1 is 0.923 bits per heavy atom. The van der Waals surface area contributed by atoms with Gasteiger partial charge in [-0.3, -0.25) is 19.2 Å². The van der Waals surface area contributed by atoms with Crippen molar-refractivity contribution in [2.24, 2.45) is 5.73 Å². The molecule has 0 saturated heterocycles. The summed E-state index contributed by atoms with van der Waals surface area (Å²) in [6.45, 7) is 0. The molecule has 0 aliphatic carbocycles. The number of H-pyrrole nitrogens is 2. The molecule has 0 saturated carbocycles. The second-order valence-corrected chi connectivity index (χ2v) is 9.12. The largest absolute Gasteiger partial charge is 0.481 e. The zero-order valence-corrected chi connectivity index (χ0v) is 21.5. The van der Waals surface area contributed by atoms with Gasteiger partial charge in [0.25, 0.3) is 0 Å². The van der Waals surface area contributed by atoms with E-state index in [4.69, 9.17) is 10.8 Å². The predicted octanol–water partition coefficient (Wildman–Crippen LogP) is -1.05. The third-order valence-electron chi connectivity index (χ3n) is 5.87. The number of thiol groups is 1. The number of benzene rings is 1. The molecule has 208 valence electrons. The molecule has 0 aliphatic heterocycles. The van der Waals surface area contributed by atoms with Gasteiger partial charge in [-0.25, -0.2) is 9.78 Å². The molecule has 2 heterocycles. The average Bonchev–Trinajstić information content (AvgIpc) is 3.55. The average molecular weight is 560 g/mol. The van der Waals surface area contributed by atoms with Gasteiger partial charge in [0, 0.05) is 47.6 Å². The first kappa shape index (κ1) is 29.2. The Hall–Kier alpha value is -4.37. The van der Waals surface area contributed by atoms with E-state index in [1.165, 1.54) is 12.5 Å². The summed E-state index contributed by atoms with van der Waals surface area (Å²) in [4.78, 5) is 71.4. The fraction of sp³-hybridized carbons (Fsp3) is 0.333. The second-order valence-electron chi connectivity index (χ2n) is 8.75. The number of imidazole rings is 1. The molecular weight excluding hydrogens is 530 g/mol. The van der Waals surface area contributed by atoms with E-state index in [-0.39, 0.29) is 18.6 Å². The maximum Gasteiger partial charge on any atom is 0.327 e. The number of carbonyl (C=O) groups excluding carboxylic acids is 3. The van der Waals surface area contributed by atoms with Crippen molar-refractivity contribution >= 4 is 53.2 Å². The van der Waals surface area contributed by atoms with Crippen LogP contribution < -0.4 is 21.7 Å². The topological polar surface area (TPSA) is 232 Å². The normalized spacial score (nSPS) is 14.1. The number of nitrogens with zero attached hydrogens (tertiary/aromatic N) is 1. The van der Waals surface area contributed by atoms with Gasteiger partial charge in [0.1, 0.15) is 18.1 Å². The van der Waals surface area contributed by atoms with Crippen molar-refractivity contribution in [2.75, 3.05) is 5.75 Å². The van der Waals surface area contributed by atoms with Crippen LogP contribution in [0.1, 0.15) is 17.7 Å². The fourth-order valence-electron chi connectivity index (χ4n) is 3.84.